The second-order valence-electron chi connectivity index (χ2n) is 31.6. The second-order valence-corrected chi connectivity index (χ2v) is 31.6. The minimum Gasteiger partial charge on any atom is -0.0683 e. The normalized spacial score (nSPS) is 12.2. The molecular weight excluding hydrogens is 1740 g/mol. The van der Waals surface area contributed by atoms with E-state index in [2.05, 4.69) is 177 Å². The largest absolute Gasteiger partial charge is 0.0683 e. The molecule has 145 heavy (non-hydrogen) atoms. The van der Waals surface area contributed by atoms with Crippen molar-refractivity contribution in [1.82, 2.24) is 0 Å². The van der Waals surface area contributed by atoms with Gasteiger partial charge < -0.3 is 0 Å². The first kappa shape index (κ1) is 200. The molecule has 5 fully saturated rings. The Bertz CT molecular complexity index is 2390. The topological polar surface area (TPSA) is 0 Å². The van der Waals surface area contributed by atoms with Crippen LogP contribution in [0.15, 0.2) is 291 Å². The highest BCUT2D eigenvalue weighted by atomic mass is 14.4. The van der Waals surface area contributed by atoms with Gasteiger partial charge in [-0.15, -0.1) is 0 Å². The van der Waals surface area contributed by atoms with Gasteiger partial charge in [0.25, 0.3) is 0 Å². The van der Waals surface area contributed by atoms with Crippen LogP contribution in [0.5, 0.6) is 0 Å². The van der Waals surface area contributed by atoms with Crippen LogP contribution in [0.1, 0.15) is 593 Å². The first-order valence-corrected chi connectivity index (χ1v) is 62.1. The highest BCUT2D eigenvalue weighted by Gasteiger charge is 2.38. The molecule has 0 saturated heterocycles. The number of benzene rings is 9. The first-order chi connectivity index (χ1) is 70.6. The lowest BCUT2D eigenvalue weighted by Gasteiger charge is -2.45. The number of hydrogen-bond acceptors (Lipinski definition) is 0. The van der Waals surface area contributed by atoms with Crippen LogP contribution in [-0.2, 0) is 0 Å². The zero-order valence-corrected chi connectivity index (χ0v) is 112. The fraction of sp³-hybridized carbons (Fsp3) is 0.641. The number of fused-ring (bicyclic) bond motifs is 1. The maximum atomic E-state index is 2.46. The van der Waals surface area contributed by atoms with Crippen molar-refractivity contribution in [2.75, 3.05) is 0 Å². The molecule has 9 aromatic rings. The summed E-state index contributed by atoms with van der Waals surface area (Å²) in [6, 6.07) is 97.2. The smallest absolute Gasteiger partial charge is 0.0184 e. The van der Waals surface area contributed by atoms with Gasteiger partial charge in [-0.3, -0.25) is 0 Å². The molecular formula is C145H286. The lowest BCUT2D eigenvalue weighted by Crippen LogP contribution is -2.34. The van der Waals surface area contributed by atoms with Crippen LogP contribution in [-0.4, -0.2) is 0 Å². The minimum absolute atomic E-state index is 0.500. The molecule has 0 heterocycles. The summed E-state index contributed by atoms with van der Waals surface area (Å²) in [6.45, 7) is 126. The van der Waals surface area contributed by atoms with Crippen molar-refractivity contribution >= 4 is 10.8 Å². The Balaban J connectivity index is -0.0000000480. The Morgan fingerprint density at radius 2 is 0.276 bits per heavy atom. The van der Waals surface area contributed by atoms with Crippen molar-refractivity contribution in [3.8, 4) is 0 Å². The van der Waals surface area contributed by atoms with Crippen molar-refractivity contribution < 1.29 is 0 Å². The molecule has 2 atom stereocenters. The lowest BCUT2D eigenvalue weighted by molar-refractivity contribution is 0.0581. The molecule has 5 saturated carbocycles. The van der Waals surface area contributed by atoms with Crippen molar-refractivity contribution in [1.29, 1.82) is 0 Å². The van der Waals surface area contributed by atoms with Crippen LogP contribution < -0.4 is 0 Å². The van der Waals surface area contributed by atoms with Crippen LogP contribution in [0.2, 0.25) is 0 Å². The number of aryl methyl sites for hydroxylation is 2. The summed E-state index contributed by atoms with van der Waals surface area (Å²) in [5.74, 6) is 0.929. The van der Waals surface area contributed by atoms with E-state index in [4.69, 9.17) is 0 Å². The summed E-state index contributed by atoms with van der Waals surface area (Å²) < 4.78 is 0. The molecule has 2 unspecified atom stereocenters. The standard InChI is InChI=1S/C12H24.C10H8.2C7H8.3C6H12.5C6H6.C5H10.2C5H12.23C2H6/c1-6-12(5)8-10(2)7-11(3,4)9-12;1-2-6-10-8-4-3-7-9(10)5-1;2*1-7-5-3-2-4-6-7;8*1-2-4-6-5-3-1;1-2-4-5-3-1;2*1-5(2,3)4;23*1-2/h10H,6-9H2,1-5H3;1-8H;2*2-6H,1H3;3*1-6H2;5*1-6H;1-5H2;2*1-4H3;23*1-2H3. The van der Waals surface area contributed by atoms with Crippen molar-refractivity contribution in [3.05, 3.63) is 302 Å². The molecule has 0 radical (unpaired) electrons. The van der Waals surface area contributed by atoms with Crippen molar-refractivity contribution in [3.63, 3.8) is 0 Å². The van der Waals surface area contributed by atoms with Gasteiger partial charge in [-0.1, -0.05) is 865 Å². The van der Waals surface area contributed by atoms with Gasteiger partial charge in [-0.25, -0.2) is 0 Å². The summed E-state index contributed by atoms with van der Waals surface area (Å²) >= 11 is 0. The molecule has 5 aliphatic rings. The Morgan fingerprint density at radius 3 is 0.359 bits per heavy atom. The van der Waals surface area contributed by atoms with Crippen LogP contribution in [0.4, 0.5) is 0 Å². The fourth-order valence-corrected chi connectivity index (χ4v) is 11.6. The average molecular weight is 2030 g/mol. The summed E-state index contributed by atoms with van der Waals surface area (Å²) in [5, 5.41) is 2.62. The number of rotatable bonds is 1. The van der Waals surface area contributed by atoms with E-state index in [9.17, 15) is 0 Å². The summed E-state index contributed by atoms with van der Waals surface area (Å²) in [5.41, 5.74) is 4.86. The van der Waals surface area contributed by atoms with Gasteiger partial charge in [0.15, 0.2) is 0 Å². The van der Waals surface area contributed by atoms with Gasteiger partial charge in [-0.05, 0) is 71.5 Å². The van der Waals surface area contributed by atoms with E-state index in [1.807, 2.05) is 537 Å². The molecule has 0 nitrogen and oxygen atoms in total. The van der Waals surface area contributed by atoms with E-state index in [-0.39, 0.29) is 0 Å². The highest BCUT2D eigenvalue weighted by Crippen LogP contribution is 2.50. The lowest BCUT2D eigenvalue weighted by atomic mass is 9.60. The predicted octanol–water partition coefficient (Wildman–Crippen LogP) is 56.2. The molecule has 866 valence electrons. The van der Waals surface area contributed by atoms with Crippen LogP contribution >= 0.6 is 0 Å². The minimum atomic E-state index is 0.500. The highest BCUT2D eigenvalue weighted by molar-refractivity contribution is 5.82. The van der Waals surface area contributed by atoms with E-state index in [0.717, 1.165) is 5.92 Å². The fourth-order valence-electron chi connectivity index (χ4n) is 11.6. The Kier molecular flexibility index (Phi) is 305. The zero-order valence-electron chi connectivity index (χ0n) is 112. The molecule has 14 rings (SSSR count). The molecule has 0 bridgehead atoms. The third-order valence-corrected chi connectivity index (χ3v) is 16.1. The molecule has 0 aromatic heterocycles. The quantitative estimate of drug-likeness (QED) is 0.154. The molecule has 0 N–H and O–H groups in total. The Hall–Kier alpha value is -6.76. The second kappa shape index (κ2) is 222. The molecule has 5 aliphatic carbocycles. The van der Waals surface area contributed by atoms with E-state index < -0.39 is 0 Å². The van der Waals surface area contributed by atoms with E-state index >= 15 is 0 Å². The van der Waals surface area contributed by atoms with Crippen LogP contribution in [0.25, 0.3) is 10.8 Å². The maximum Gasteiger partial charge on any atom is -0.0184 e. The van der Waals surface area contributed by atoms with Gasteiger partial charge in [0.05, 0.1) is 0 Å². The van der Waals surface area contributed by atoms with Crippen molar-refractivity contribution in [2.24, 2.45) is 27.6 Å². The van der Waals surface area contributed by atoms with Gasteiger partial charge in [0.2, 0.25) is 0 Å². The van der Waals surface area contributed by atoms with Crippen molar-refractivity contribution in [2.45, 2.75) is 596 Å². The third kappa shape index (κ3) is 255. The molecule has 0 spiro atoms. The monoisotopic (exact) mass is 2030 g/mol. The van der Waals surface area contributed by atoms with E-state index in [0.29, 0.717) is 21.7 Å². The third-order valence-electron chi connectivity index (χ3n) is 16.1. The number of hydrogen-bond donors (Lipinski definition) is 0. The molecule has 0 heteroatoms. The zero-order chi connectivity index (χ0) is 119. The Labute approximate surface area is 930 Å². The first-order valence-electron chi connectivity index (χ1n) is 62.1. The average Bonchev–Trinajstić information content (AvgIpc) is 1.04. The van der Waals surface area contributed by atoms with E-state index in [1.165, 1.54) is 195 Å². The summed E-state index contributed by atoms with van der Waals surface area (Å²) in [7, 11) is 0. The predicted molar refractivity (Wildman–Crippen MR) is 711 cm³/mol. The van der Waals surface area contributed by atoms with Gasteiger partial charge in [-0.2, -0.15) is 0 Å². The van der Waals surface area contributed by atoms with Gasteiger partial charge >= 0.3 is 0 Å². The molecule has 9 aromatic carbocycles. The summed E-state index contributed by atoms with van der Waals surface area (Å²) in [6.07, 6.45) is 40.1. The summed E-state index contributed by atoms with van der Waals surface area (Å²) in [4.78, 5) is 0. The SMILES string of the molecule is C1CCCC1.C1CCCCC1.C1CCCCC1.C1CCCCC1.CC.CC.CC.CC.CC.CC.CC.CC.CC.CC.CC.CC.CC.CC.CC.CC.CC.CC.CC.CC.CC.CC.CC.CC(C)(C)C.CC(C)(C)C.CCC1(C)CC(C)CC(C)(C)C1.Cc1ccccc1.Cc1ccccc1.c1ccc2ccccc2c1.c1ccccc1.c1ccccc1.c1ccccc1.c1ccccc1.c1ccccc1. The molecule has 0 aliphatic heterocycles. The molecule has 0 amide bonds. The van der Waals surface area contributed by atoms with Gasteiger partial charge in [0.1, 0.15) is 0 Å². The van der Waals surface area contributed by atoms with Crippen LogP contribution in [0, 0.1) is 41.4 Å². The van der Waals surface area contributed by atoms with E-state index in [1.54, 1.807) is 0 Å². The van der Waals surface area contributed by atoms with Crippen LogP contribution in [0.3, 0.4) is 0 Å². The Morgan fingerprint density at radius 1 is 0.179 bits per heavy atom. The van der Waals surface area contributed by atoms with Gasteiger partial charge in [0, 0.05) is 0 Å². The maximum absolute atomic E-state index is 2.46.